The lowest BCUT2D eigenvalue weighted by molar-refractivity contribution is -0.116. The van der Waals surface area contributed by atoms with Crippen LogP contribution in [0.5, 0.6) is 5.75 Å². The quantitative estimate of drug-likeness (QED) is 0.825. The Morgan fingerprint density at radius 3 is 2.96 bits per heavy atom. The Balaban J connectivity index is 1.36. The van der Waals surface area contributed by atoms with Crippen LogP contribution in [0.15, 0.2) is 24.4 Å². The number of carbonyl (C=O) groups excluding carboxylic acids is 1. The smallest absolute Gasteiger partial charge is 0.224 e. The van der Waals surface area contributed by atoms with Crippen LogP contribution in [0.25, 0.3) is 0 Å². The van der Waals surface area contributed by atoms with Gasteiger partial charge in [0.15, 0.2) is 0 Å². The molecule has 7 nitrogen and oxygen atoms in total. The topological polar surface area (TPSA) is 79.6 Å². The van der Waals surface area contributed by atoms with Crippen LogP contribution in [-0.2, 0) is 24.3 Å². The van der Waals surface area contributed by atoms with Gasteiger partial charge in [0.05, 0.1) is 6.20 Å². The summed E-state index contributed by atoms with van der Waals surface area (Å²) in [5, 5.41) is 17.9. The molecular formula is C21H28N4O3. The average Bonchev–Trinajstić information content (AvgIpc) is 3.03. The molecule has 0 aliphatic carbocycles. The molecule has 2 aliphatic rings. The second kappa shape index (κ2) is 7.93. The van der Waals surface area contributed by atoms with Gasteiger partial charge in [-0.2, -0.15) is 5.10 Å². The first-order valence-electron chi connectivity index (χ1n) is 10.0. The first-order chi connectivity index (χ1) is 13.5. The first-order valence-corrected chi connectivity index (χ1v) is 10.0. The van der Waals surface area contributed by atoms with Gasteiger partial charge in [-0.1, -0.05) is 6.07 Å². The molecule has 0 unspecified atom stereocenters. The van der Waals surface area contributed by atoms with E-state index in [-0.39, 0.29) is 12.0 Å². The van der Waals surface area contributed by atoms with Gasteiger partial charge in [0.1, 0.15) is 18.0 Å². The number of piperidine rings is 1. The van der Waals surface area contributed by atoms with Gasteiger partial charge in [-0.15, -0.1) is 0 Å². The number of fused-ring (bicyclic) bond motifs is 1. The fourth-order valence-electron chi connectivity index (χ4n) is 4.06. The first kappa shape index (κ1) is 19.0. The lowest BCUT2D eigenvalue weighted by atomic mass is 10.0. The third-order valence-electron chi connectivity index (χ3n) is 5.77. The Labute approximate surface area is 165 Å². The van der Waals surface area contributed by atoms with Crippen LogP contribution >= 0.6 is 0 Å². The molecule has 1 aromatic heterocycles. The monoisotopic (exact) mass is 384 g/mol. The van der Waals surface area contributed by atoms with E-state index in [9.17, 15) is 9.90 Å². The van der Waals surface area contributed by atoms with Crippen molar-refractivity contribution in [3.8, 4) is 5.75 Å². The normalized spacial score (nSPS) is 22.6. The average molecular weight is 384 g/mol. The van der Waals surface area contributed by atoms with E-state index in [0.29, 0.717) is 18.7 Å². The lowest BCUT2D eigenvalue weighted by Crippen LogP contribution is -2.48. The van der Waals surface area contributed by atoms with E-state index >= 15 is 0 Å². The zero-order chi connectivity index (χ0) is 19.7. The fraction of sp³-hybridized carbons (Fsp3) is 0.524. The Kier molecular flexibility index (Phi) is 5.37. The predicted octanol–water partition coefficient (Wildman–Crippen LogP) is 2.11. The molecule has 3 heterocycles. The number of aryl methyl sites for hydroxylation is 2. The molecule has 0 spiro atoms. The third-order valence-corrected chi connectivity index (χ3v) is 5.77. The minimum Gasteiger partial charge on any atom is -0.488 e. The summed E-state index contributed by atoms with van der Waals surface area (Å²) in [6, 6.07) is 5.80. The largest absolute Gasteiger partial charge is 0.488 e. The van der Waals surface area contributed by atoms with Gasteiger partial charge in [-0.05, 0) is 38.3 Å². The highest BCUT2D eigenvalue weighted by Crippen LogP contribution is 2.29. The van der Waals surface area contributed by atoms with Crippen molar-refractivity contribution >= 4 is 11.6 Å². The molecule has 4 rings (SSSR count). The molecular weight excluding hydrogens is 356 g/mol. The summed E-state index contributed by atoms with van der Waals surface area (Å²) in [6.45, 7) is 7.27. The van der Waals surface area contributed by atoms with Gasteiger partial charge in [-0.25, -0.2) is 0 Å². The molecule has 2 atom stereocenters. The van der Waals surface area contributed by atoms with Crippen LogP contribution in [0.4, 0.5) is 5.69 Å². The van der Waals surface area contributed by atoms with Crippen molar-refractivity contribution in [3.05, 3.63) is 41.2 Å². The molecule has 0 bridgehead atoms. The number of aromatic nitrogens is 2. The molecule has 7 heteroatoms. The summed E-state index contributed by atoms with van der Waals surface area (Å²) in [7, 11) is 0. The Bertz CT molecular complexity index is 863. The number of nitrogens with zero attached hydrogens (tertiary/aromatic N) is 3. The lowest BCUT2D eigenvalue weighted by Gasteiger charge is -2.36. The zero-order valence-corrected chi connectivity index (χ0v) is 16.5. The summed E-state index contributed by atoms with van der Waals surface area (Å²) < 4.78 is 8.06. The Morgan fingerprint density at radius 1 is 1.36 bits per heavy atom. The number of aliphatic hydroxyl groups is 1. The molecule has 28 heavy (non-hydrogen) atoms. The minimum atomic E-state index is -0.555. The number of carbonyl (C=O) groups is 1. The number of anilines is 1. The molecule has 1 saturated heterocycles. The standard InChI is InChI=1S/C21H28N4O3/c1-3-25-14(2)16(11-22-25)12-24-9-8-20(19(26)13-24)28-17-6-4-15-5-7-21(27)23-18(15)10-17/h4,6,10-11,19-20,26H,3,5,7-9,12-13H2,1-2H3,(H,23,27)/t19-,20-/m1/s1. The summed E-state index contributed by atoms with van der Waals surface area (Å²) in [5.74, 6) is 0.734. The number of amides is 1. The number of hydrogen-bond acceptors (Lipinski definition) is 5. The number of ether oxygens (including phenoxy) is 1. The second-order valence-electron chi connectivity index (χ2n) is 7.69. The minimum absolute atomic E-state index is 0.0414. The molecule has 2 aliphatic heterocycles. The van der Waals surface area contributed by atoms with E-state index in [4.69, 9.17) is 4.74 Å². The van der Waals surface area contributed by atoms with E-state index in [1.54, 1.807) is 0 Å². The highest BCUT2D eigenvalue weighted by atomic mass is 16.5. The Morgan fingerprint density at radius 2 is 2.21 bits per heavy atom. The maximum Gasteiger partial charge on any atom is 0.224 e. The van der Waals surface area contributed by atoms with Crippen LogP contribution in [0, 0.1) is 6.92 Å². The summed E-state index contributed by atoms with van der Waals surface area (Å²) in [4.78, 5) is 13.9. The van der Waals surface area contributed by atoms with Gasteiger partial charge in [0.25, 0.3) is 0 Å². The second-order valence-corrected chi connectivity index (χ2v) is 7.69. The maximum absolute atomic E-state index is 11.6. The van der Waals surface area contributed by atoms with E-state index in [0.717, 1.165) is 43.7 Å². The van der Waals surface area contributed by atoms with Crippen molar-refractivity contribution in [2.24, 2.45) is 0 Å². The number of hydrogen-bond donors (Lipinski definition) is 2. The summed E-state index contributed by atoms with van der Waals surface area (Å²) >= 11 is 0. The van der Waals surface area contributed by atoms with Crippen LogP contribution < -0.4 is 10.1 Å². The molecule has 2 N–H and O–H groups in total. The van der Waals surface area contributed by atoms with Crippen molar-refractivity contribution < 1.29 is 14.6 Å². The highest BCUT2D eigenvalue weighted by Gasteiger charge is 2.30. The molecule has 1 aromatic carbocycles. The van der Waals surface area contributed by atoms with Crippen molar-refractivity contribution in [1.29, 1.82) is 0 Å². The maximum atomic E-state index is 11.6. The molecule has 0 saturated carbocycles. The molecule has 0 radical (unpaired) electrons. The van der Waals surface area contributed by atoms with Crippen molar-refractivity contribution in [2.45, 2.75) is 58.4 Å². The van der Waals surface area contributed by atoms with Gasteiger partial charge >= 0.3 is 0 Å². The number of benzene rings is 1. The third kappa shape index (κ3) is 3.91. The number of aliphatic hydroxyl groups excluding tert-OH is 1. The molecule has 150 valence electrons. The SMILES string of the molecule is CCn1ncc(CN2CC[C@@H](Oc3ccc4c(c3)NC(=O)CC4)[C@H](O)C2)c1C. The molecule has 1 amide bonds. The molecule has 2 aromatic rings. The van der Waals surface area contributed by atoms with E-state index in [1.165, 1.54) is 11.3 Å². The number of β-amino-alcohol motifs (C(OH)–C–C–N with tert-alkyl or cyclic N) is 1. The van der Waals surface area contributed by atoms with Crippen molar-refractivity contribution in [2.75, 3.05) is 18.4 Å². The van der Waals surface area contributed by atoms with Gasteiger partial charge in [0.2, 0.25) is 5.91 Å². The predicted molar refractivity (Wildman–Crippen MR) is 106 cm³/mol. The number of rotatable bonds is 5. The van der Waals surface area contributed by atoms with E-state index in [2.05, 4.69) is 29.2 Å². The fourth-order valence-corrected chi connectivity index (χ4v) is 4.06. The van der Waals surface area contributed by atoms with Crippen molar-refractivity contribution in [3.63, 3.8) is 0 Å². The number of likely N-dealkylation sites (tertiary alicyclic amines) is 1. The Hall–Kier alpha value is -2.38. The van der Waals surface area contributed by atoms with Crippen LogP contribution in [0.2, 0.25) is 0 Å². The van der Waals surface area contributed by atoms with Crippen LogP contribution in [-0.4, -0.2) is 51.0 Å². The van der Waals surface area contributed by atoms with E-state index in [1.807, 2.05) is 29.1 Å². The van der Waals surface area contributed by atoms with Gasteiger partial charge < -0.3 is 15.2 Å². The van der Waals surface area contributed by atoms with Crippen LogP contribution in [0.1, 0.15) is 36.6 Å². The zero-order valence-electron chi connectivity index (χ0n) is 16.5. The summed E-state index contributed by atoms with van der Waals surface area (Å²) in [6.07, 6.45) is 3.17. The summed E-state index contributed by atoms with van der Waals surface area (Å²) in [5.41, 5.74) is 4.35. The van der Waals surface area contributed by atoms with Gasteiger partial charge in [0, 0.05) is 55.6 Å². The van der Waals surface area contributed by atoms with Crippen molar-refractivity contribution in [1.82, 2.24) is 14.7 Å². The van der Waals surface area contributed by atoms with Gasteiger partial charge in [-0.3, -0.25) is 14.4 Å². The highest BCUT2D eigenvalue weighted by molar-refractivity contribution is 5.94. The van der Waals surface area contributed by atoms with E-state index < -0.39 is 6.10 Å². The van der Waals surface area contributed by atoms with Crippen LogP contribution in [0.3, 0.4) is 0 Å². The molecule has 1 fully saturated rings. The number of nitrogens with one attached hydrogen (secondary N) is 1.